The highest BCUT2D eigenvalue weighted by atomic mass is 32.1. The zero-order valence-electron chi connectivity index (χ0n) is 14.3. The number of rotatable bonds is 4. The standard InChI is InChI=1S/C16H21N5O2S/c1-10-15(24-11(2)18-10)16(22)21-6-5-12(9-21)23-14-8-17-7-13(19-14)20(3)4/h7-8,12H,5-6,9H2,1-4H3. The van der Waals surface area contributed by atoms with Crippen LogP contribution in [0.2, 0.25) is 0 Å². The summed E-state index contributed by atoms with van der Waals surface area (Å²) in [5, 5.41) is 0.915. The van der Waals surface area contributed by atoms with Gasteiger partial charge in [0.25, 0.3) is 5.91 Å². The second-order valence-electron chi connectivity index (χ2n) is 6.04. The van der Waals surface area contributed by atoms with Crippen molar-refractivity contribution in [2.75, 3.05) is 32.1 Å². The molecule has 0 spiro atoms. The fourth-order valence-corrected chi connectivity index (χ4v) is 3.55. The number of aromatic nitrogens is 3. The van der Waals surface area contributed by atoms with Gasteiger partial charge in [-0.05, 0) is 13.8 Å². The monoisotopic (exact) mass is 347 g/mol. The molecule has 1 aliphatic heterocycles. The van der Waals surface area contributed by atoms with Gasteiger partial charge in [-0.25, -0.2) is 4.98 Å². The van der Waals surface area contributed by atoms with Crippen LogP contribution in [-0.4, -0.2) is 59.0 Å². The van der Waals surface area contributed by atoms with Gasteiger partial charge in [0.05, 0.1) is 29.6 Å². The van der Waals surface area contributed by atoms with Crippen LogP contribution in [0.1, 0.15) is 26.8 Å². The van der Waals surface area contributed by atoms with Crippen molar-refractivity contribution in [2.24, 2.45) is 0 Å². The predicted molar refractivity (Wildman–Crippen MR) is 92.9 cm³/mol. The summed E-state index contributed by atoms with van der Waals surface area (Å²) in [6.07, 6.45) is 4.02. The van der Waals surface area contributed by atoms with Crippen molar-refractivity contribution in [3.63, 3.8) is 0 Å². The Hall–Kier alpha value is -2.22. The lowest BCUT2D eigenvalue weighted by atomic mass is 10.3. The first-order chi connectivity index (χ1) is 11.4. The summed E-state index contributed by atoms with van der Waals surface area (Å²) in [6, 6.07) is 0. The molecule has 2 aromatic heterocycles. The van der Waals surface area contributed by atoms with Crippen molar-refractivity contribution in [3.8, 4) is 5.88 Å². The van der Waals surface area contributed by atoms with Gasteiger partial charge in [-0.2, -0.15) is 4.98 Å². The summed E-state index contributed by atoms with van der Waals surface area (Å²) in [4.78, 5) is 29.9. The number of anilines is 1. The third-order valence-electron chi connectivity index (χ3n) is 3.88. The van der Waals surface area contributed by atoms with Crippen LogP contribution >= 0.6 is 11.3 Å². The van der Waals surface area contributed by atoms with E-state index in [0.717, 1.165) is 27.8 Å². The van der Waals surface area contributed by atoms with E-state index in [4.69, 9.17) is 4.74 Å². The SMILES string of the molecule is Cc1nc(C)c(C(=O)N2CCC(Oc3cncc(N(C)C)n3)C2)s1. The number of carbonyl (C=O) groups is 1. The zero-order chi connectivity index (χ0) is 17.3. The Morgan fingerprint density at radius 1 is 1.33 bits per heavy atom. The van der Waals surface area contributed by atoms with Crippen LogP contribution in [0, 0.1) is 13.8 Å². The summed E-state index contributed by atoms with van der Waals surface area (Å²) in [6.45, 7) is 5.04. The molecule has 1 atom stereocenters. The highest BCUT2D eigenvalue weighted by Crippen LogP contribution is 2.23. The Morgan fingerprint density at radius 2 is 2.12 bits per heavy atom. The summed E-state index contributed by atoms with van der Waals surface area (Å²) in [5.41, 5.74) is 0.802. The first-order valence-corrected chi connectivity index (χ1v) is 8.65. The maximum atomic E-state index is 12.6. The third kappa shape index (κ3) is 3.48. The van der Waals surface area contributed by atoms with Crippen molar-refractivity contribution in [3.05, 3.63) is 28.0 Å². The molecule has 1 saturated heterocycles. The average molecular weight is 347 g/mol. The van der Waals surface area contributed by atoms with E-state index in [1.54, 1.807) is 12.4 Å². The Morgan fingerprint density at radius 3 is 2.79 bits per heavy atom. The number of amides is 1. The number of likely N-dealkylation sites (tertiary alicyclic amines) is 1. The number of nitrogens with zero attached hydrogens (tertiary/aromatic N) is 5. The minimum absolute atomic E-state index is 0.0392. The lowest BCUT2D eigenvalue weighted by molar-refractivity contribution is 0.0775. The molecule has 1 aliphatic rings. The summed E-state index contributed by atoms with van der Waals surface area (Å²) in [5.74, 6) is 1.27. The van der Waals surface area contributed by atoms with Crippen molar-refractivity contribution in [1.82, 2.24) is 19.9 Å². The second kappa shape index (κ2) is 6.72. The highest BCUT2D eigenvalue weighted by Gasteiger charge is 2.30. The van der Waals surface area contributed by atoms with E-state index in [9.17, 15) is 4.79 Å². The zero-order valence-corrected chi connectivity index (χ0v) is 15.1. The highest BCUT2D eigenvalue weighted by molar-refractivity contribution is 7.13. The van der Waals surface area contributed by atoms with Crippen molar-refractivity contribution in [2.45, 2.75) is 26.4 Å². The van der Waals surface area contributed by atoms with Crippen LogP contribution in [-0.2, 0) is 0 Å². The van der Waals surface area contributed by atoms with Crippen molar-refractivity contribution < 1.29 is 9.53 Å². The Balaban J connectivity index is 1.64. The van der Waals surface area contributed by atoms with Gasteiger partial charge in [-0.15, -0.1) is 11.3 Å². The van der Waals surface area contributed by atoms with E-state index in [1.807, 2.05) is 37.7 Å². The topological polar surface area (TPSA) is 71.5 Å². The molecular formula is C16H21N5O2S. The first kappa shape index (κ1) is 16.6. The normalized spacial score (nSPS) is 17.2. The van der Waals surface area contributed by atoms with Gasteiger partial charge >= 0.3 is 0 Å². The molecule has 0 radical (unpaired) electrons. The van der Waals surface area contributed by atoms with E-state index in [-0.39, 0.29) is 12.0 Å². The van der Waals surface area contributed by atoms with Crippen LogP contribution in [0.5, 0.6) is 5.88 Å². The molecular weight excluding hydrogens is 326 g/mol. The van der Waals surface area contributed by atoms with Crippen LogP contribution in [0.15, 0.2) is 12.4 Å². The molecule has 3 heterocycles. The average Bonchev–Trinajstić information content (AvgIpc) is 3.13. The minimum Gasteiger partial charge on any atom is -0.471 e. The number of aryl methyl sites for hydroxylation is 2. The van der Waals surface area contributed by atoms with Crippen LogP contribution < -0.4 is 9.64 Å². The van der Waals surface area contributed by atoms with E-state index in [0.29, 0.717) is 19.0 Å². The number of thiazole rings is 1. The van der Waals surface area contributed by atoms with E-state index in [2.05, 4.69) is 15.0 Å². The van der Waals surface area contributed by atoms with Crippen molar-refractivity contribution in [1.29, 1.82) is 0 Å². The molecule has 0 saturated carbocycles. The lowest BCUT2D eigenvalue weighted by Crippen LogP contribution is -2.31. The van der Waals surface area contributed by atoms with E-state index in [1.165, 1.54) is 11.3 Å². The van der Waals surface area contributed by atoms with Gasteiger partial charge in [0.1, 0.15) is 11.0 Å². The number of hydrogen-bond donors (Lipinski definition) is 0. The molecule has 3 rings (SSSR count). The lowest BCUT2D eigenvalue weighted by Gasteiger charge is -2.17. The predicted octanol–water partition coefficient (Wildman–Crippen LogP) is 1.91. The molecule has 0 aliphatic carbocycles. The summed E-state index contributed by atoms with van der Waals surface area (Å²) >= 11 is 1.45. The molecule has 8 heteroatoms. The van der Waals surface area contributed by atoms with Crippen molar-refractivity contribution >= 4 is 23.1 Å². The van der Waals surface area contributed by atoms with Crippen LogP contribution in [0.4, 0.5) is 5.82 Å². The fourth-order valence-electron chi connectivity index (χ4n) is 2.66. The molecule has 128 valence electrons. The van der Waals surface area contributed by atoms with Gasteiger partial charge in [0.15, 0.2) is 5.82 Å². The largest absolute Gasteiger partial charge is 0.471 e. The smallest absolute Gasteiger partial charge is 0.265 e. The van der Waals surface area contributed by atoms with Gasteiger partial charge in [-0.3, -0.25) is 9.78 Å². The first-order valence-electron chi connectivity index (χ1n) is 7.83. The Bertz CT molecular complexity index is 746. The molecule has 1 fully saturated rings. The Labute approximate surface area is 145 Å². The third-order valence-corrected chi connectivity index (χ3v) is 4.94. The molecule has 24 heavy (non-hydrogen) atoms. The molecule has 1 amide bonds. The van der Waals surface area contributed by atoms with Crippen LogP contribution in [0.3, 0.4) is 0 Å². The number of ether oxygens (including phenoxy) is 1. The molecule has 0 bridgehead atoms. The number of hydrogen-bond acceptors (Lipinski definition) is 7. The van der Waals surface area contributed by atoms with Gasteiger partial charge in [-0.1, -0.05) is 0 Å². The number of carbonyl (C=O) groups excluding carboxylic acids is 1. The van der Waals surface area contributed by atoms with E-state index >= 15 is 0 Å². The van der Waals surface area contributed by atoms with Gasteiger partial charge in [0, 0.05) is 27.1 Å². The molecule has 0 aromatic carbocycles. The molecule has 2 aromatic rings. The summed E-state index contributed by atoms with van der Waals surface area (Å²) in [7, 11) is 3.81. The molecule has 7 nitrogen and oxygen atoms in total. The van der Waals surface area contributed by atoms with Crippen LogP contribution in [0.25, 0.3) is 0 Å². The van der Waals surface area contributed by atoms with Gasteiger partial charge in [0.2, 0.25) is 5.88 Å². The minimum atomic E-state index is -0.0602. The quantitative estimate of drug-likeness (QED) is 0.841. The Kier molecular flexibility index (Phi) is 4.66. The summed E-state index contributed by atoms with van der Waals surface area (Å²) < 4.78 is 5.91. The maximum absolute atomic E-state index is 12.6. The second-order valence-corrected chi connectivity index (χ2v) is 7.24. The molecule has 0 N–H and O–H groups in total. The van der Waals surface area contributed by atoms with Gasteiger partial charge < -0.3 is 14.5 Å². The molecule has 1 unspecified atom stereocenters. The fraction of sp³-hybridized carbons (Fsp3) is 0.500. The van der Waals surface area contributed by atoms with E-state index < -0.39 is 0 Å². The maximum Gasteiger partial charge on any atom is 0.265 e.